The van der Waals surface area contributed by atoms with Crippen LogP contribution in [0.1, 0.15) is 40.5 Å². The predicted octanol–water partition coefficient (Wildman–Crippen LogP) is 4.22. The van der Waals surface area contributed by atoms with Crippen molar-refractivity contribution >= 4 is 28.5 Å². The summed E-state index contributed by atoms with van der Waals surface area (Å²) < 4.78 is 5.55. The number of rotatable bonds is 4. The molecule has 0 saturated heterocycles. The first-order valence-corrected chi connectivity index (χ1v) is 9.52. The Hall–Kier alpha value is -3.21. The van der Waals surface area contributed by atoms with Crippen LogP contribution < -0.4 is 5.32 Å². The minimum absolute atomic E-state index is 0.354. The van der Waals surface area contributed by atoms with Crippen LogP contribution in [-0.2, 0) is 22.4 Å². The first-order valence-electron chi connectivity index (χ1n) is 9.52. The highest BCUT2D eigenvalue weighted by Crippen LogP contribution is 2.30. The van der Waals surface area contributed by atoms with Gasteiger partial charge in [0.15, 0.2) is 6.10 Å². The van der Waals surface area contributed by atoms with Gasteiger partial charge >= 0.3 is 5.97 Å². The fourth-order valence-corrected chi connectivity index (χ4v) is 3.60. The van der Waals surface area contributed by atoms with E-state index >= 15 is 0 Å². The zero-order valence-corrected chi connectivity index (χ0v) is 16.0. The Labute approximate surface area is 163 Å². The van der Waals surface area contributed by atoms with Gasteiger partial charge in [0.2, 0.25) is 0 Å². The maximum atomic E-state index is 13.0. The van der Waals surface area contributed by atoms with Crippen molar-refractivity contribution in [3.8, 4) is 0 Å². The van der Waals surface area contributed by atoms with E-state index in [2.05, 4.69) is 10.3 Å². The number of nitrogens with zero attached hydrogens (tertiary/aromatic N) is 1. The van der Waals surface area contributed by atoms with Crippen molar-refractivity contribution in [1.82, 2.24) is 4.98 Å². The highest BCUT2D eigenvalue weighted by Gasteiger charge is 2.27. The summed E-state index contributed by atoms with van der Waals surface area (Å²) >= 11 is 0. The molecule has 0 spiro atoms. The van der Waals surface area contributed by atoms with Gasteiger partial charge in [0.25, 0.3) is 5.91 Å². The van der Waals surface area contributed by atoms with E-state index in [4.69, 9.17) is 4.74 Å². The molecule has 0 aliphatic heterocycles. The minimum Gasteiger partial charge on any atom is -0.449 e. The molecule has 1 aromatic heterocycles. The van der Waals surface area contributed by atoms with Crippen LogP contribution in [0.3, 0.4) is 0 Å². The minimum atomic E-state index is -0.905. The number of esters is 1. The van der Waals surface area contributed by atoms with Crippen LogP contribution in [0.15, 0.2) is 48.5 Å². The van der Waals surface area contributed by atoms with Crippen LogP contribution >= 0.6 is 0 Å². The van der Waals surface area contributed by atoms with E-state index in [1.165, 1.54) is 0 Å². The van der Waals surface area contributed by atoms with Crippen LogP contribution in [0.4, 0.5) is 5.69 Å². The fraction of sp³-hybridized carbons (Fsp3) is 0.261. The molecule has 0 radical (unpaired) electrons. The van der Waals surface area contributed by atoms with E-state index in [0.29, 0.717) is 11.3 Å². The molecule has 1 aliphatic carbocycles. The van der Waals surface area contributed by atoms with Gasteiger partial charge in [-0.25, -0.2) is 4.79 Å². The molecular weight excluding hydrogens is 352 g/mol. The normalized spacial score (nSPS) is 13.8. The molecule has 0 saturated carbocycles. The number of carbonyl (C=O) groups excluding carboxylic acids is 2. The number of aromatic nitrogens is 1. The molecule has 0 bridgehead atoms. The Bertz CT molecular complexity index is 1060. The molecule has 4 rings (SSSR count). The summed E-state index contributed by atoms with van der Waals surface area (Å²) in [5.74, 6) is -0.824. The third kappa shape index (κ3) is 3.48. The highest BCUT2D eigenvalue weighted by atomic mass is 16.5. The molecule has 1 N–H and O–H groups in total. The number of fused-ring (bicyclic) bond motifs is 2. The predicted molar refractivity (Wildman–Crippen MR) is 108 cm³/mol. The lowest BCUT2D eigenvalue weighted by molar-refractivity contribution is -0.123. The number of nitrogens with one attached hydrogen (secondary N) is 1. The third-order valence-corrected chi connectivity index (χ3v) is 5.10. The summed E-state index contributed by atoms with van der Waals surface area (Å²) in [5, 5.41) is 3.56. The fourth-order valence-electron chi connectivity index (χ4n) is 3.60. The molecule has 1 atom stereocenters. The lowest BCUT2D eigenvalue weighted by atomic mass is 10.0. The average molecular weight is 374 g/mol. The van der Waals surface area contributed by atoms with E-state index < -0.39 is 12.1 Å². The van der Waals surface area contributed by atoms with Crippen molar-refractivity contribution in [2.75, 3.05) is 5.32 Å². The second-order valence-corrected chi connectivity index (χ2v) is 7.19. The quantitative estimate of drug-likeness (QED) is 0.695. The summed E-state index contributed by atoms with van der Waals surface area (Å²) in [5.41, 5.74) is 5.03. The van der Waals surface area contributed by atoms with Gasteiger partial charge < -0.3 is 10.1 Å². The number of hydrogen-bond acceptors (Lipinski definition) is 4. The summed E-state index contributed by atoms with van der Waals surface area (Å²) in [6.45, 7) is 3.57. The number of pyridine rings is 1. The van der Waals surface area contributed by atoms with Crippen LogP contribution in [0, 0.1) is 6.92 Å². The summed E-state index contributed by atoms with van der Waals surface area (Å²) in [7, 11) is 0. The maximum Gasteiger partial charge on any atom is 0.339 e. The zero-order valence-electron chi connectivity index (χ0n) is 16.0. The molecule has 5 heteroatoms. The van der Waals surface area contributed by atoms with Crippen molar-refractivity contribution in [1.29, 1.82) is 0 Å². The smallest absolute Gasteiger partial charge is 0.339 e. The number of ether oxygens (including phenoxy) is 1. The first-order chi connectivity index (χ1) is 13.5. The molecular formula is C23H22N2O3. The van der Waals surface area contributed by atoms with Gasteiger partial charge in [0, 0.05) is 16.8 Å². The number of anilines is 1. The van der Waals surface area contributed by atoms with E-state index in [-0.39, 0.29) is 5.91 Å². The standard InChI is InChI=1S/C23H22N2O3/c1-14-10-12-16(13-11-14)24-22(26)15(2)28-23(27)21-17-6-3-4-8-19(17)25-20-9-5-7-18(20)21/h3-4,6,8,10-13,15H,5,7,9H2,1-2H3,(H,24,26)/t15-/m0/s1. The Morgan fingerprint density at radius 1 is 1.07 bits per heavy atom. The third-order valence-electron chi connectivity index (χ3n) is 5.10. The van der Waals surface area contributed by atoms with Gasteiger partial charge in [-0.05, 0) is 56.9 Å². The Kier molecular flexibility index (Phi) is 4.82. The van der Waals surface area contributed by atoms with E-state index in [9.17, 15) is 9.59 Å². The molecule has 3 aromatic rings. The second-order valence-electron chi connectivity index (χ2n) is 7.19. The van der Waals surface area contributed by atoms with E-state index in [0.717, 1.165) is 47.0 Å². The summed E-state index contributed by atoms with van der Waals surface area (Å²) in [6, 6.07) is 15.1. The number of hydrogen-bond donors (Lipinski definition) is 1. The van der Waals surface area contributed by atoms with Crippen LogP contribution in [0.25, 0.3) is 10.9 Å². The van der Waals surface area contributed by atoms with Gasteiger partial charge in [0.05, 0.1) is 11.1 Å². The maximum absolute atomic E-state index is 13.0. The van der Waals surface area contributed by atoms with Gasteiger partial charge in [-0.2, -0.15) is 0 Å². The lowest BCUT2D eigenvalue weighted by Gasteiger charge is -2.16. The highest BCUT2D eigenvalue weighted by molar-refractivity contribution is 6.06. The van der Waals surface area contributed by atoms with Crippen LogP contribution in [0.5, 0.6) is 0 Å². The van der Waals surface area contributed by atoms with Crippen molar-refractivity contribution in [3.63, 3.8) is 0 Å². The number of benzene rings is 2. The zero-order chi connectivity index (χ0) is 19.7. The SMILES string of the molecule is Cc1ccc(NC(=O)[C@H](C)OC(=O)c2c3c(nc4ccccc24)CCC3)cc1. The molecule has 1 heterocycles. The first kappa shape index (κ1) is 18.2. The Morgan fingerprint density at radius 2 is 1.82 bits per heavy atom. The molecule has 142 valence electrons. The topological polar surface area (TPSA) is 68.3 Å². The molecule has 1 amide bonds. The largest absolute Gasteiger partial charge is 0.449 e. The van der Waals surface area contributed by atoms with Gasteiger partial charge in [0.1, 0.15) is 0 Å². The molecule has 28 heavy (non-hydrogen) atoms. The van der Waals surface area contributed by atoms with Crippen LogP contribution in [0.2, 0.25) is 0 Å². The molecule has 0 fully saturated rings. The van der Waals surface area contributed by atoms with E-state index in [1.54, 1.807) is 6.92 Å². The monoisotopic (exact) mass is 374 g/mol. The Balaban J connectivity index is 1.57. The summed E-state index contributed by atoms with van der Waals surface area (Å²) in [4.78, 5) is 30.2. The van der Waals surface area contributed by atoms with Crippen molar-refractivity contribution < 1.29 is 14.3 Å². The molecule has 2 aromatic carbocycles. The van der Waals surface area contributed by atoms with Crippen molar-refractivity contribution in [3.05, 3.63) is 70.9 Å². The average Bonchev–Trinajstić information content (AvgIpc) is 3.15. The molecule has 0 unspecified atom stereocenters. The number of para-hydroxylation sites is 1. The van der Waals surface area contributed by atoms with Crippen LogP contribution in [-0.4, -0.2) is 23.0 Å². The summed E-state index contributed by atoms with van der Waals surface area (Å²) in [6.07, 6.45) is 1.74. The molecule has 1 aliphatic rings. The number of carbonyl (C=O) groups is 2. The van der Waals surface area contributed by atoms with Gasteiger partial charge in [-0.1, -0.05) is 35.9 Å². The number of aryl methyl sites for hydroxylation is 2. The number of amides is 1. The second kappa shape index (κ2) is 7.43. The van der Waals surface area contributed by atoms with Crippen molar-refractivity contribution in [2.24, 2.45) is 0 Å². The van der Waals surface area contributed by atoms with E-state index in [1.807, 2.05) is 55.5 Å². The van der Waals surface area contributed by atoms with Gasteiger partial charge in [-0.3, -0.25) is 9.78 Å². The molecule has 5 nitrogen and oxygen atoms in total. The van der Waals surface area contributed by atoms with Gasteiger partial charge in [-0.15, -0.1) is 0 Å². The van der Waals surface area contributed by atoms with Crippen molar-refractivity contribution in [2.45, 2.75) is 39.2 Å². The lowest BCUT2D eigenvalue weighted by Crippen LogP contribution is -2.30. The Morgan fingerprint density at radius 3 is 2.61 bits per heavy atom.